The van der Waals surface area contributed by atoms with Gasteiger partial charge in [0.25, 0.3) is 0 Å². The maximum Gasteiger partial charge on any atom is 0.144 e. The molecule has 0 unspecified atom stereocenters. The summed E-state index contributed by atoms with van der Waals surface area (Å²) in [5.74, 6) is -0.233. The van der Waals surface area contributed by atoms with E-state index in [1.54, 1.807) is 31.2 Å². The summed E-state index contributed by atoms with van der Waals surface area (Å²) < 4.78 is 125. The van der Waals surface area contributed by atoms with Crippen LogP contribution in [0.5, 0.6) is 0 Å². The molecular formula is C63H58N4O. The normalized spacial score (nSPS) is 18.2. The van der Waals surface area contributed by atoms with Gasteiger partial charge in [-0.25, -0.2) is 0 Å². The van der Waals surface area contributed by atoms with E-state index in [0.717, 1.165) is 91.5 Å². The van der Waals surface area contributed by atoms with Crippen molar-refractivity contribution in [3.63, 3.8) is 0 Å². The highest BCUT2D eigenvalue weighted by Crippen LogP contribution is 2.40. The van der Waals surface area contributed by atoms with Gasteiger partial charge in [-0.3, -0.25) is 15.0 Å². The van der Waals surface area contributed by atoms with Crippen LogP contribution in [0, 0.1) is 18.3 Å². The third kappa shape index (κ3) is 9.25. The number of aryl methyl sites for hydroxylation is 7. The first-order chi connectivity index (χ1) is 38.1. The van der Waals surface area contributed by atoms with Crippen molar-refractivity contribution in [3.05, 3.63) is 208 Å². The molecule has 0 saturated heterocycles. The zero-order chi connectivity index (χ0) is 56.6. The van der Waals surface area contributed by atoms with Gasteiger partial charge < -0.3 is 4.42 Å². The van der Waals surface area contributed by atoms with Crippen molar-refractivity contribution in [2.45, 2.75) is 108 Å². The van der Waals surface area contributed by atoms with Gasteiger partial charge in [0.05, 0.1) is 28.7 Å². The van der Waals surface area contributed by atoms with Crippen molar-refractivity contribution < 1.29 is 20.9 Å². The van der Waals surface area contributed by atoms with Crippen molar-refractivity contribution in [1.29, 1.82) is 5.26 Å². The summed E-state index contributed by atoms with van der Waals surface area (Å²) in [5, 5.41) is 11.1. The van der Waals surface area contributed by atoms with Crippen LogP contribution in [-0.2, 0) is 38.2 Å². The molecule has 0 bridgehead atoms. The van der Waals surface area contributed by atoms with E-state index in [4.69, 9.17) is 4.42 Å². The predicted octanol–water partition coefficient (Wildman–Crippen LogP) is 15.6. The molecule has 2 saturated carbocycles. The lowest BCUT2D eigenvalue weighted by atomic mass is 9.88. The average molecular weight is 899 g/mol. The third-order valence-electron chi connectivity index (χ3n) is 13.6. The number of pyridine rings is 3. The Morgan fingerprint density at radius 1 is 0.529 bits per heavy atom. The molecule has 5 aromatic carbocycles. The Hall–Kier alpha value is -7.16. The molecule has 2 aliphatic carbocycles. The lowest BCUT2D eigenvalue weighted by Gasteiger charge is -2.18. The van der Waals surface area contributed by atoms with Crippen LogP contribution in [-0.4, -0.2) is 15.0 Å². The van der Waals surface area contributed by atoms with E-state index in [-0.39, 0.29) is 28.5 Å². The minimum absolute atomic E-state index is 0.0180. The summed E-state index contributed by atoms with van der Waals surface area (Å²) in [5.41, 5.74) is 4.86. The maximum absolute atomic E-state index is 9.93. The molecule has 0 aliphatic heterocycles. The molecule has 5 nitrogen and oxygen atoms in total. The number of benzene rings is 5. The number of nitriles is 1. The Morgan fingerprint density at radius 2 is 1.04 bits per heavy atom. The fraction of sp³-hybridized carbons (Fsp3) is 0.270. The number of aromatic nitrogens is 3. The number of fused-ring (bicyclic) bond motifs is 3. The molecule has 2 aliphatic rings. The van der Waals surface area contributed by atoms with Crippen LogP contribution in [0.15, 0.2) is 156 Å². The Bertz CT molecular complexity index is 3720. The maximum atomic E-state index is 9.93. The van der Waals surface area contributed by atoms with Gasteiger partial charge in [0.15, 0.2) is 0 Å². The highest BCUT2D eigenvalue weighted by Gasteiger charge is 2.23. The SMILES string of the molecule is [2H]C([2H])(c1cc(C([2H])([2H])C([2H])([2H])c2cnc(-c3ccccc3)cc2C2CCCC2)cc(C([2H])([2H])C([2H])([2H])c2cnc(-c3ccccc3)cc2C2CCCC2)c1)C([2H])([2H])c1cnc(-c2cccc3c2oc2cc(C#N)ccc23)cc1C. The molecule has 2 fully saturated rings. The largest absolute Gasteiger partial charge is 0.455 e. The molecule has 4 heterocycles. The van der Waals surface area contributed by atoms with Gasteiger partial charge in [0.1, 0.15) is 11.2 Å². The standard InChI is InChI=1S/C63H58N4O/c1-42-31-61(56-22-12-21-55-54-30-26-46(38-64)35-62(54)68-63(55)56)67-39-51(42)27-23-43-32-44(24-28-52-40-65-59(49-17-4-2-5-18-49)36-57(52)47-13-8-9-14-47)34-45(33-43)25-29-53-41-66-60(50-19-6-3-7-20-50)37-58(53)48-15-10-11-16-48/h2-7,12,17-22,26,30-37,39-41,47-48H,8-11,13-16,23-25,27-29H2,1H3/i23D2,24D2,25D2,27D2,28D2,29D2. The Balaban J connectivity index is 1.05. The lowest BCUT2D eigenvalue weighted by Crippen LogP contribution is -2.06. The fourth-order valence-electron chi connectivity index (χ4n) is 10.00. The highest BCUT2D eigenvalue weighted by molar-refractivity contribution is 6.09. The third-order valence-corrected chi connectivity index (χ3v) is 13.6. The molecule has 68 heavy (non-hydrogen) atoms. The molecule has 4 aromatic heterocycles. The molecule has 0 amide bonds. The summed E-state index contributed by atoms with van der Waals surface area (Å²) >= 11 is 0. The van der Waals surface area contributed by atoms with E-state index in [1.807, 2.05) is 91.0 Å². The van der Waals surface area contributed by atoms with Gasteiger partial charge in [-0.15, -0.1) is 0 Å². The topological polar surface area (TPSA) is 75.6 Å². The van der Waals surface area contributed by atoms with Gasteiger partial charge in [0, 0.05) is 62.5 Å². The molecule has 336 valence electrons. The first-order valence-electron chi connectivity index (χ1n) is 29.7. The van der Waals surface area contributed by atoms with Crippen molar-refractivity contribution in [2.24, 2.45) is 0 Å². The second kappa shape index (κ2) is 19.6. The number of furan rings is 1. The molecule has 9 aromatic rings. The summed E-state index contributed by atoms with van der Waals surface area (Å²) in [6.45, 7) is 1.62. The van der Waals surface area contributed by atoms with Crippen LogP contribution in [0.2, 0.25) is 0 Å². The highest BCUT2D eigenvalue weighted by atomic mass is 16.3. The van der Waals surface area contributed by atoms with Crippen LogP contribution in [0.1, 0.15) is 135 Å². The minimum atomic E-state index is -3.13. The van der Waals surface area contributed by atoms with Crippen molar-refractivity contribution in [2.75, 3.05) is 0 Å². The summed E-state index contributed by atoms with van der Waals surface area (Å²) in [7, 11) is 0. The van der Waals surface area contributed by atoms with Gasteiger partial charge >= 0.3 is 0 Å². The van der Waals surface area contributed by atoms with E-state index in [2.05, 4.69) is 21.0 Å². The number of nitrogens with zero attached hydrogens (tertiary/aromatic N) is 4. The zero-order valence-corrected chi connectivity index (χ0v) is 37.9. The number of hydrogen-bond donors (Lipinski definition) is 0. The van der Waals surface area contributed by atoms with Gasteiger partial charge in [-0.05, 0) is 175 Å². The Labute approximate surface area is 417 Å². The Morgan fingerprint density at radius 3 is 1.57 bits per heavy atom. The molecule has 5 heteroatoms. The second-order valence-corrected chi connectivity index (χ2v) is 18.0. The van der Waals surface area contributed by atoms with E-state index < -0.39 is 54.9 Å². The average Bonchev–Trinajstić information content (AvgIpc) is 4.43. The van der Waals surface area contributed by atoms with Crippen LogP contribution >= 0.6 is 0 Å². The first-order valence-corrected chi connectivity index (χ1v) is 23.7. The van der Waals surface area contributed by atoms with Crippen molar-refractivity contribution in [3.8, 4) is 39.8 Å². The molecular weight excluding hydrogens is 829 g/mol. The number of para-hydroxylation sites is 1. The monoisotopic (exact) mass is 899 g/mol. The molecule has 0 N–H and O–H groups in total. The van der Waals surface area contributed by atoms with Gasteiger partial charge in [0.2, 0.25) is 0 Å². The van der Waals surface area contributed by atoms with E-state index in [0.29, 0.717) is 56.1 Å². The van der Waals surface area contributed by atoms with Gasteiger partial charge in [-0.2, -0.15) is 5.26 Å². The molecule has 11 rings (SSSR count). The van der Waals surface area contributed by atoms with Crippen LogP contribution in [0.3, 0.4) is 0 Å². The quantitative estimate of drug-likeness (QED) is 0.109. The van der Waals surface area contributed by atoms with Crippen LogP contribution in [0.25, 0.3) is 55.7 Å². The molecule has 0 radical (unpaired) electrons. The van der Waals surface area contributed by atoms with E-state index >= 15 is 0 Å². The summed E-state index contributed by atoms with van der Waals surface area (Å²) in [4.78, 5) is 14.0. The fourth-order valence-corrected chi connectivity index (χ4v) is 10.00. The van der Waals surface area contributed by atoms with Gasteiger partial charge in [-0.1, -0.05) is 117 Å². The van der Waals surface area contributed by atoms with Crippen LogP contribution < -0.4 is 0 Å². The van der Waals surface area contributed by atoms with E-state index in [9.17, 15) is 21.7 Å². The zero-order valence-electron chi connectivity index (χ0n) is 49.9. The van der Waals surface area contributed by atoms with Crippen LogP contribution in [0.4, 0.5) is 0 Å². The Kier molecular flexibility index (Phi) is 9.15. The van der Waals surface area contributed by atoms with Crippen molar-refractivity contribution >= 4 is 21.9 Å². The first kappa shape index (κ1) is 31.7. The van der Waals surface area contributed by atoms with E-state index in [1.165, 1.54) is 18.6 Å². The summed E-state index contributed by atoms with van der Waals surface area (Å²) in [6, 6.07) is 40.1. The lowest BCUT2D eigenvalue weighted by molar-refractivity contribution is 0.669. The molecule has 0 spiro atoms. The number of hydrogen-bond acceptors (Lipinski definition) is 5. The molecule has 0 atom stereocenters. The predicted molar refractivity (Wildman–Crippen MR) is 277 cm³/mol. The smallest absolute Gasteiger partial charge is 0.144 e. The second-order valence-electron chi connectivity index (χ2n) is 18.0. The minimum Gasteiger partial charge on any atom is -0.455 e. The number of rotatable bonds is 14. The summed E-state index contributed by atoms with van der Waals surface area (Å²) in [6.07, 6.45) is -7.57. The van der Waals surface area contributed by atoms with Crippen molar-refractivity contribution in [1.82, 2.24) is 15.0 Å².